The minimum absolute atomic E-state index is 0.0468. The Kier molecular flexibility index (Phi) is 5.88. The molecule has 162 valence electrons. The standard InChI is InChI=1S/C23H28N6O2/c1-4-19-15-21(30)28(23(24-19)29-18(3)14-17(2)25-29)16-22(31)27-12-10-26(11-13-27)20-8-6-5-7-9-20/h5-9,14-15H,4,10-13,16H2,1-3H3. The highest BCUT2D eigenvalue weighted by atomic mass is 16.2. The van der Waals surface area contributed by atoms with E-state index in [1.165, 1.54) is 10.6 Å². The molecule has 1 amide bonds. The van der Waals surface area contributed by atoms with Crippen molar-refractivity contribution >= 4 is 11.6 Å². The molecule has 8 nitrogen and oxygen atoms in total. The van der Waals surface area contributed by atoms with E-state index in [4.69, 9.17) is 0 Å². The van der Waals surface area contributed by atoms with E-state index in [9.17, 15) is 9.59 Å². The van der Waals surface area contributed by atoms with Crippen molar-refractivity contribution in [2.75, 3.05) is 31.1 Å². The van der Waals surface area contributed by atoms with Crippen molar-refractivity contribution in [1.82, 2.24) is 24.2 Å². The van der Waals surface area contributed by atoms with Gasteiger partial charge in [-0.15, -0.1) is 0 Å². The van der Waals surface area contributed by atoms with E-state index in [-0.39, 0.29) is 18.0 Å². The second kappa shape index (κ2) is 8.75. The number of aryl methyl sites for hydroxylation is 3. The van der Waals surface area contributed by atoms with Crippen LogP contribution in [0.2, 0.25) is 0 Å². The molecule has 0 N–H and O–H groups in total. The van der Waals surface area contributed by atoms with Gasteiger partial charge in [0, 0.05) is 49.3 Å². The number of carbonyl (C=O) groups excluding carboxylic acids is 1. The van der Waals surface area contributed by atoms with Crippen LogP contribution in [0.3, 0.4) is 0 Å². The zero-order valence-electron chi connectivity index (χ0n) is 18.3. The molecule has 4 rings (SSSR count). The molecule has 0 aliphatic carbocycles. The molecule has 1 fully saturated rings. The average Bonchev–Trinajstić information content (AvgIpc) is 3.13. The van der Waals surface area contributed by atoms with Crippen molar-refractivity contribution in [2.45, 2.75) is 33.7 Å². The topological polar surface area (TPSA) is 76.3 Å². The van der Waals surface area contributed by atoms with Gasteiger partial charge >= 0.3 is 0 Å². The Labute approximate surface area is 181 Å². The van der Waals surface area contributed by atoms with Crippen molar-refractivity contribution in [3.8, 4) is 5.95 Å². The van der Waals surface area contributed by atoms with Crippen LogP contribution < -0.4 is 10.5 Å². The highest BCUT2D eigenvalue weighted by molar-refractivity contribution is 5.76. The zero-order chi connectivity index (χ0) is 22.0. The molecule has 0 atom stereocenters. The highest BCUT2D eigenvalue weighted by Gasteiger charge is 2.23. The lowest BCUT2D eigenvalue weighted by Gasteiger charge is -2.36. The van der Waals surface area contributed by atoms with Crippen LogP contribution in [-0.4, -0.2) is 56.3 Å². The first-order valence-corrected chi connectivity index (χ1v) is 10.7. The summed E-state index contributed by atoms with van der Waals surface area (Å²) < 4.78 is 3.08. The molecule has 8 heteroatoms. The summed E-state index contributed by atoms with van der Waals surface area (Å²) in [6.45, 7) is 8.50. The van der Waals surface area contributed by atoms with Crippen LogP contribution in [0.25, 0.3) is 5.95 Å². The van der Waals surface area contributed by atoms with Gasteiger partial charge in [0.05, 0.1) is 5.69 Å². The van der Waals surface area contributed by atoms with Gasteiger partial charge in [-0.05, 0) is 38.5 Å². The molecule has 0 bridgehead atoms. The lowest BCUT2D eigenvalue weighted by Crippen LogP contribution is -2.50. The number of hydrogen-bond acceptors (Lipinski definition) is 5. The fourth-order valence-corrected chi connectivity index (χ4v) is 3.95. The minimum atomic E-state index is -0.231. The summed E-state index contributed by atoms with van der Waals surface area (Å²) in [5.74, 6) is 0.315. The largest absolute Gasteiger partial charge is 0.368 e. The zero-order valence-corrected chi connectivity index (χ0v) is 18.3. The second-order valence-electron chi connectivity index (χ2n) is 7.87. The minimum Gasteiger partial charge on any atom is -0.368 e. The first-order valence-electron chi connectivity index (χ1n) is 10.7. The number of rotatable bonds is 5. The van der Waals surface area contributed by atoms with Crippen molar-refractivity contribution in [3.63, 3.8) is 0 Å². The maximum atomic E-state index is 13.1. The van der Waals surface area contributed by atoms with E-state index in [1.807, 2.05) is 49.9 Å². The predicted molar refractivity (Wildman–Crippen MR) is 120 cm³/mol. The number of amides is 1. The van der Waals surface area contributed by atoms with Crippen LogP contribution in [0.15, 0.2) is 47.3 Å². The van der Waals surface area contributed by atoms with Gasteiger partial charge in [-0.3, -0.25) is 14.2 Å². The van der Waals surface area contributed by atoms with Crippen LogP contribution >= 0.6 is 0 Å². The smallest absolute Gasteiger partial charge is 0.255 e. The molecular formula is C23H28N6O2. The highest BCUT2D eigenvalue weighted by Crippen LogP contribution is 2.16. The van der Waals surface area contributed by atoms with Crippen LogP contribution in [0, 0.1) is 13.8 Å². The molecule has 3 aromatic rings. The van der Waals surface area contributed by atoms with Gasteiger partial charge in [0.1, 0.15) is 6.54 Å². The van der Waals surface area contributed by atoms with E-state index in [1.54, 1.807) is 4.68 Å². The van der Waals surface area contributed by atoms with Gasteiger partial charge in [0.15, 0.2) is 0 Å². The molecular weight excluding hydrogens is 392 g/mol. The number of hydrogen-bond donors (Lipinski definition) is 0. The van der Waals surface area contributed by atoms with E-state index < -0.39 is 0 Å². The number of para-hydroxylation sites is 1. The SMILES string of the molecule is CCc1cc(=O)n(CC(=O)N2CCN(c3ccccc3)CC2)c(-n2nc(C)cc2C)n1. The summed E-state index contributed by atoms with van der Waals surface area (Å²) >= 11 is 0. The number of anilines is 1. The van der Waals surface area contributed by atoms with E-state index >= 15 is 0 Å². The van der Waals surface area contributed by atoms with Gasteiger partial charge in [-0.25, -0.2) is 9.67 Å². The van der Waals surface area contributed by atoms with Crippen molar-refractivity contribution in [3.05, 3.63) is 69.9 Å². The fourth-order valence-electron chi connectivity index (χ4n) is 3.95. The van der Waals surface area contributed by atoms with Gasteiger partial charge in [0.2, 0.25) is 11.9 Å². The molecule has 3 heterocycles. The van der Waals surface area contributed by atoms with Gasteiger partial charge in [0.25, 0.3) is 5.56 Å². The molecule has 0 spiro atoms. The molecule has 1 aliphatic rings. The fraction of sp³-hybridized carbons (Fsp3) is 0.391. The Bertz CT molecular complexity index is 1130. The third kappa shape index (κ3) is 4.38. The molecule has 1 aliphatic heterocycles. The summed E-state index contributed by atoms with van der Waals surface area (Å²) in [6.07, 6.45) is 0.637. The number of benzene rings is 1. The van der Waals surface area contributed by atoms with Crippen LogP contribution in [-0.2, 0) is 17.8 Å². The summed E-state index contributed by atoms with van der Waals surface area (Å²) in [5.41, 5.74) is 3.33. The third-order valence-electron chi connectivity index (χ3n) is 5.65. The Morgan fingerprint density at radius 1 is 1.03 bits per heavy atom. The van der Waals surface area contributed by atoms with Gasteiger partial charge < -0.3 is 9.80 Å². The molecule has 31 heavy (non-hydrogen) atoms. The molecule has 0 radical (unpaired) electrons. The Morgan fingerprint density at radius 2 is 1.74 bits per heavy atom. The van der Waals surface area contributed by atoms with Crippen LogP contribution in [0.1, 0.15) is 24.0 Å². The quantitative estimate of drug-likeness (QED) is 0.631. The van der Waals surface area contributed by atoms with Crippen molar-refractivity contribution in [2.24, 2.45) is 0 Å². The first-order chi connectivity index (χ1) is 15.0. The Morgan fingerprint density at radius 3 is 2.35 bits per heavy atom. The maximum Gasteiger partial charge on any atom is 0.255 e. The van der Waals surface area contributed by atoms with E-state index in [2.05, 4.69) is 27.1 Å². The summed E-state index contributed by atoms with van der Waals surface area (Å²) in [4.78, 5) is 34.7. The predicted octanol–water partition coefficient (Wildman–Crippen LogP) is 1.96. The average molecular weight is 421 g/mol. The van der Waals surface area contributed by atoms with Crippen molar-refractivity contribution < 1.29 is 4.79 Å². The van der Waals surface area contributed by atoms with Crippen LogP contribution in [0.5, 0.6) is 0 Å². The third-order valence-corrected chi connectivity index (χ3v) is 5.65. The van der Waals surface area contributed by atoms with E-state index in [0.717, 1.165) is 30.2 Å². The maximum absolute atomic E-state index is 13.1. The Hall–Kier alpha value is -3.42. The number of nitrogens with zero attached hydrogens (tertiary/aromatic N) is 6. The molecule has 1 saturated heterocycles. The van der Waals surface area contributed by atoms with Crippen molar-refractivity contribution in [1.29, 1.82) is 0 Å². The molecule has 2 aromatic heterocycles. The summed E-state index contributed by atoms with van der Waals surface area (Å²) in [6, 6.07) is 13.6. The first kappa shape index (κ1) is 20.8. The molecule has 0 saturated carbocycles. The van der Waals surface area contributed by atoms with Crippen LogP contribution in [0.4, 0.5) is 5.69 Å². The second-order valence-corrected chi connectivity index (χ2v) is 7.87. The molecule has 1 aromatic carbocycles. The summed E-state index contributed by atoms with van der Waals surface area (Å²) in [5, 5.41) is 4.48. The lowest BCUT2D eigenvalue weighted by atomic mass is 10.2. The van der Waals surface area contributed by atoms with Gasteiger partial charge in [-0.1, -0.05) is 25.1 Å². The van der Waals surface area contributed by atoms with Gasteiger partial charge in [-0.2, -0.15) is 5.10 Å². The number of carbonyl (C=O) groups is 1. The monoisotopic (exact) mass is 420 g/mol. The number of piperazine rings is 1. The number of aromatic nitrogens is 4. The lowest BCUT2D eigenvalue weighted by molar-refractivity contribution is -0.132. The normalized spacial score (nSPS) is 14.2. The molecule has 0 unspecified atom stereocenters. The van der Waals surface area contributed by atoms with E-state index in [0.29, 0.717) is 31.2 Å². The summed E-state index contributed by atoms with van der Waals surface area (Å²) in [7, 11) is 0. The Balaban J connectivity index is 1.55.